The molecule has 1 fully saturated rings. The number of aromatic nitrogens is 7. The molecule has 7 rings (SSSR count). The molecule has 1 aliphatic rings. The van der Waals surface area contributed by atoms with Crippen molar-refractivity contribution in [3.63, 3.8) is 0 Å². The fourth-order valence-electron chi connectivity index (χ4n) is 5.95. The number of aryl methyl sites for hydroxylation is 1. The molecule has 44 heavy (non-hydrogen) atoms. The zero-order valence-corrected chi connectivity index (χ0v) is 24.3. The number of esters is 1. The average molecular weight is 591 g/mol. The van der Waals surface area contributed by atoms with Crippen molar-refractivity contribution in [1.82, 2.24) is 34.3 Å². The zero-order valence-electron chi connectivity index (χ0n) is 24.3. The van der Waals surface area contributed by atoms with Crippen LogP contribution in [0.5, 0.6) is 0 Å². The van der Waals surface area contributed by atoms with Crippen LogP contribution in [0.3, 0.4) is 0 Å². The molecule has 1 aliphatic carbocycles. The van der Waals surface area contributed by atoms with E-state index in [1.807, 2.05) is 55.5 Å². The Morgan fingerprint density at radius 3 is 2.55 bits per heavy atom. The van der Waals surface area contributed by atoms with Crippen molar-refractivity contribution in [2.24, 2.45) is 0 Å². The van der Waals surface area contributed by atoms with Crippen LogP contribution in [0.1, 0.15) is 56.5 Å². The van der Waals surface area contributed by atoms with Gasteiger partial charge in [0.1, 0.15) is 5.54 Å². The van der Waals surface area contributed by atoms with Gasteiger partial charge in [0.15, 0.2) is 28.4 Å². The van der Waals surface area contributed by atoms with Crippen molar-refractivity contribution in [1.29, 1.82) is 0 Å². The standard InChI is InChI=1S/C32H30N8O4/c1-20(41)44-32(16-8-17-32)25-13-6-11-22(35-25)14-15-26(42)31(2,21-9-4-3-5-10-21)40-29-23(19-34-40)28-36-27(24-12-7-18-43-24)38-39(28)30(33)37-29/h3-7,9-13,18-19H,8,14-17H2,1-2H3,(H2,33,37). The van der Waals surface area contributed by atoms with Gasteiger partial charge in [-0.05, 0) is 62.4 Å². The van der Waals surface area contributed by atoms with Crippen LogP contribution in [0, 0.1) is 0 Å². The minimum absolute atomic E-state index is 0.0859. The Kier molecular flexibility index (Phi) is 6.49. The number of ether oxygens (including phenoxy) is 1. The fraction of sp³-hybridized carbons (Fsp3) is 0.281. The Morgan fingerprint density at radius 2 is 1.84 bits per heavy atom. The van der Waals surface area contributed by atoms with Crippen molar-refractivity contribution < 1.29 is 18.7 Å². The van der Waals surface area contributed by atoms with Crippen LogP contribution in [0.15, 0.2) is 77.5 Å². The molecule has 12 heteroatoms. The molecule has 12 nitrogen and oxygen atoms in total. The minimum Gasteiger partial charge on any atom is -0.461 e. The number of nitrogen functional groups attached to an aromatic ring is 1. The van der Waals surface area contributed by atoms with Crippen LogP contribution in [0.25, 0.3) is 28.3 Å². The zero-order chi connectivity index (χ0) is 30.5. The maximum atomic E-state index is 14.3. The minimum atomic E-state index is -1.23. The Bertz CT molecular complexity index is 2010. The highest BCUT2D eigenvalue weighted by atomic mass is 16.6. The number of Topliss-reactive ketones (excluding diaryl/α,β-unsaturated/α-hetero) is 1. The van der Waals surface area contributed by atoms with Gasteiger partial charge in [-0.2, -0.15) is 14.6 Å². The Hall–Kier alpha value is -5.39. The van der Waals surface area contributed by atoms with Crippen LogP contribution in [0.2, 0.25) is 0 Å². The lowest BCUT2D eigenvalue weighted by atomic mass is 9.77. The Balaban J connectivity index is 1.25. The summed E-state index contributed by atoms with van der Waals surface area (Å²) in [5.41, 5.74) is 7.51. The summed E-state index contributed by atoms with van der Waals surface area (Å²) in [4.78, 5) is 40.2. The van der Waals surface area contributed by atoms with E-state index >= 15 is 0 Å². The summed E-state index contributed by atoms with van der Waals surface area (Å²) in [6, 6.07) is 18.7. The Morgan fingerprint density at radius 1 is 1.02 bits per heavy atom. The summed E-state index contributed by atoms with van der Waals surface area (Å²) in [5.74, 6) is 0.537. The lowest BCUT2D eigenvalue weighted by Crippen LogP contribution is -2.41. The van der Waals surface area contributed by atoms with Gasteiger partial charge in [-0.3, -0.25) is 14.6 Å². The van der Waals surface area contributed by atoms with Gasteiger partial charge in [0.2, 0.25) is 11.8 Å². The average Bonchev–Trinajstić information content (AvgIpc) is 3.78. The molecule has 5 heterocycles. The van der Waals surface area contributed by atoms with Gasteiger partial charge in [0.25, 0.3) is 0 Å². The van der Waals surface area contributed by atoms with Crippen LogP contribution >= 0.6 is 0 Å². The second-order valence-electron chi connectivity index (χ2n) is 11.2. The summed E-state index contributed by atoms with van der Waals surface area (Å²) in [7, 11) is 0. The molecule has 0 bridgehead atoms. The molecular weight excluding hydrogens is 560 g/mol. The van der Waals surface area contributed by atoms with Crippen LogP contribution in [-0.4, -0.2) is 46.1 Å². The van der Waals surface area contributed by atoms with E-state index in [-0.39, 0.29) is 24.1 Å². The van der Waals surface area contributed by atoms with Gasteiger partial charge in [-0.25, -0.2) is 9.67 Å². The molecule has 1 saturated carbocycles. The van der Waals surface area contributed by atoms with Crippen molar-refractivity contribution in [2.75, 3.05) is 5.73 Å². The molecule has 0 radical (unpaired) electrons. The van der Waals surface area contributed by atoms with Gasteiger partial charge >= 0.3 is 5.97 Å². The van der Waals surface area contributed by atoms with Crippen LogP contribution in [0.4, 0.5) is 5.95 Å². The second-order valence-corrected chi connectivity index (χ2v) is 11.2. The number of hydrogen-bond donors (Lipinski definition) is 1. The SMILES string of the molecule is CC(=O)OC1(c2cccc(CCC(=O)C(C)(c3ccccc3)n3ncc4c3nc(N)n3nc(-c5ccco5)nc43)n2)CCC1. The molecule has 6 aromatic rings. The molecule has 1 aromatic carbocycles. The third-order valence-corrected chi connectivity index (χ3v) is 8.46. The third-order valence-electron chi connectivity index (χ3n) is 8.46. The summed E-state index contributed by atoms with van der Waals surface area (Å²) in [6.45, 7) is 3.26. The number of ketones is 1. The number of fused-ring (bicyclic) bond motifs is 3. The van der Waals surface area contributed by atoms with Crippen molar-refractivity contribution in [3.05, 3.63) is 90.1 Å². The molecule has 0 amide bonds. The van der Waals surface area contributed by atoms with E-state index in [0.29, 0.717) is 34.7 Å². The van der Waals surface area contributed by atoms with Crippen LogP contribution < -0.4 is 5.73 Å². The predicted octanol–water partition coefficient (Wildman–Crippen LogP) is 4.62. The van der Waals surface area contributed by atoms with E-state index in [1.54, 1.807) is 29.3 Å². The van der Waals surface area contributed by atoms with E-state index in [2.05, 4.69) is 20.2 Å². The first-order valence-electron chi connectivity index (χ1n) is 14.5. The summed E-state index contributed by atoms with van der Waals surface area (Å²) in [5, 5.41) is 9.74. The molecule has 0 spiro atoms. The van der Waals surface area contributed by atoms with E-state index < -0.39 is 11.1 Å². The van der Waals surface area contributed by atoms with E-state index in [4.69, 9.17) is 19.9 Å². The van der Waals surface area contributed by atoms with Gasteiger partial charge in [0.05, 0.1) is 23.5 Å². The summed E-state index contributed by atoms with van der Waals surface area (Å²) < 4.78 is 14.2. The molecular formula is C32H30N8O4. The predicted molar refractivity (Wildman–Crippen MR) is 160 cm³/mol. The summed E-state index contributed by atoms with van der Waals surface area (Å²) >= 11 is 0. The fourth-order valence-corrected chi connectivity index (χ4v) is 5.95. The van der Waals surface area contributed by atoms with E-state index in [1.165, 1.54) is 11.4 Å². The van der Waals surface area contributed by atoms with Crippen molar-refractivity contribution in [3.8, 4) is 11.6 Å². The number of carbonyl (C=O) groups excluding carboxylic acids is 2. The smallest absolute Gasteiger partial charge is 0.303 e. The maximum absolute atomic E-state index is 14.3. The number of nitrogens with two attached hydrogens (primary N) is 1. The Labute approximate surface area is 251 Å². The topological polar surface area (TPSA) is 156 Å². The van der Waals surface area contributed by atoms with Crippen molar-refractivity contribution in [2.45, 2.75) is 57.1 Å². The van der Waals surface area contributed by atoms with Gasteiger partial charge in [-0.1, -0.05) is 36.4 Å². The number of rotatable bonds is 9. The first kappa shape index (κ1) is 27.4. The highest BCUT2D eigenvalue weighted by Gasteiger charge is 2.44. The third kappa shape index (κ3) is 4.41. The van der Waals surface area contributed by atoms with E-state index in [9.17, 15) is 9.59 Å². The molecule has 0 aliphatic heterocycles. The second kappa shape index (κ2) is 10.4. The maximum Gasteiger partial charge on any atom is 0.303 e. The number of carbonyl (C=O) groups is 2. The lowest BCUT2D eigenvalue weighted by Gasteiger charge is -2.40. The number of hydrogen-bond acceptors (Lipinski definition) is 10. The van der Waals surface area contributed by atoms with E-state index in [0.717, 1.165) is 36.2 Å². The largest absolute Gasteiger partial charge is 0.461 e. The van der Waals surface area contributed by atoms with Gasteiger partial charge < -0.3 is 14.9 Å². The highest BCUT2D eigenvalue weighted by Crippen LogP contribution is 2.44. The van der Waals surface area contributed by atoms with Crippen molar-refractivity contribution >= 4 is 34.4 Å². The van der Waals surface area contributed by atoms with Gasteiger partial charge in [-0.15, -0.1) is 5.10 Å². The highest BCUT2D eigenvalue weighted by molar-refractivity contribution is 5.95. The molecule has 1 unspecified atom stereocenters. The number of anilines is 1. The molecule has 222 valence electrons. The lowest BCUT2D eigenvalue weighted by molar-refractivity contribution is -0.169. The molecule has 1 atom stereocenters. The van der Waals surface area contributed by atoms with Gasteiger partial charge in [0, 0.05) is 19.0 Å². The van der Waals surface area contributed by atoms with Crippen LogP contribution in [-0.2, 0) is 31.9 Å². The molecule has 5 aromatic heterocycles. The number of furan rings is 1. The number of nitrogens with zero attached hydrogens (tertiary/aromatic N) is 7. The molecule has 2 N–H and O–H groups in total. The molecule has 0 saturated heterocycles. The number of benzene rings is 1. The first-order chi connectivity index (χ1) is 21.3. The number of pyridine rings is 1. The summed E-state index contributed by atoms with van der Waals surface area (Å²) in [6.07, 6.45) is 6.18. The quantitative estimate of drug-likeness (QED) is 0.236. The monoisotopic (exact) mass is 590 g/mol. The normalized spacial score (nSPS) is 15.6. The first-order valence-corrected chi connectivity index (χ1v) is 14.5.